The number of hydrogen-bond donors (Lipinski definition) is 5. The predicted octanol–water partition coefficient (Wildman–Crippen LogP) is -0.950. The number of aliphatic hydroxyl groups is 1. The summed E-state index contributed by atoms with van der Waals surface area (Å²) in [7, 11) is -4.64. The lowest BCUT2D eigenvalue weighted by Gasteiger charge is -1.95. The molecule has 7 heteroatoms. The summed E-state index contributed by atoms with van der Waals surface area (Å²) >= 11 is 0. The average molecular weight is 201 g/mol. The Labute approximate surface area is 71.5 Å². The van der Waals surface area contributed by atoms with Gasteiger partial charge in [-0.1, -0.05) is 6.92 Å². The second-order valence-corrected chi connectivity index (χ2v) is 3.01. The van der Waals surface area contributed by atoms with Gasteiger partial charge >= 0.3 is 7.82 Å². The highest BCUT2D eigenvalue weighted by Gasteiger charge is 2.00. The van der Waals surface area contributed by atoms with Gasteiger partial charge in [0, 0.05) is 6.54 Å². The van der Waals surface area contributed by atoms with Crippen molar-refractivity contribution in [2.24, 2.45) is 0 Å². The molecule has 0 spiro atoms. The minimum absolute atomic E-state index is 0.250. The van der Waals surface area contributed by atoms with Gasteiger partial charge in [0.1, 0.15) is 0 Å². The molecule has 6 nitrogen and oxygen atoms in total. The lowest BCUT2D eigenvalue weighted by atomic mass is 10.5. The van der Waals surface area contributed by atoms with E-state index < -0.39 is 7.82 Å². The summed E-state index contributed by atoms with van der Waals surface area (Å²) in [4.78, 5) is 21.6. The zero-order chi connectivity index (χ0) is 10.0. The Morgan fingerprint density at radius 2 is 1.67 bits per heavy atom. The summed E-state index contributed by atoms with van der Waals surface area (Å²) in [5.41, 5.74) is 0. The van der Waals surface area contributed by atoms with Crippen LogP contribution in [0, 0.1) is 0 Å². The van der Waals surface area contributed by atoms with Crippen LogP contribution in [0.25, 0.3) is 0 Å². The Kier molecular flexibility index (Phi) is 11.1. The van der Waals surface area contributed by atoms with Gasteiger partial charge in [0.15, 0.2) is 0 Å². The van der Waals surface area contributed by atoms with Crippen molar-refractivity contribution in [3.63, 3.8) is 0 Å². The van der Waals surface area contributed by atoms with Gasteiger partial charge < -0.3 is 25.1 Å². The molecule has 0 amide bonds. The Hall–Kier alpha value is 0.0300. The highest BCUT2D eigenvalue weighted by molar-refractivity contribution is 7.45. The van der Waals surface area contributed by atoms with Gasteiger partial charge in [-0.2, -0.15) is 0 Å². The van der Waals surface area contributed by atoms with Crippen LogP contribution in [0.4, 0.5) is 0 Å². The van der Waals surface area contributed by atoms with Crippen LogP contribution in [0.1, 0.15) is 13.3 Å². The van der Waals surface area contributed by atoms with E-state index in [2.05, 4.69) is 12.2 Å². The Bertz CT molecular complexity index is 113. The molecule has 0 aromatic heterocycles. The van der Waals surface area contributed by atoms with Gasteiger partial charge in [-0.15, -0.1) is 0 Å². The van der Waals surface area contributed by atoms with Crippen molar-refractivity contribution in [3.8, 4) is 0 Å². The Morgan fingerprint density at radius 1 is 1.25 bits per heavy atom. The van der Waals surface area contributed by atoms with E-state index in [-0.39, 0.29) is 6.61 Å². The lowest BCUT2D eigenvalue weighted by molar-refractivity contribution is 0.275. The molecule has 0 aromatic rings. The number of rotatable bonds is 4. The van der Waals surface area contributed by atoms with Crippen LogP contribution in [0.3, 0.4) is 0 Å². The SMILES string of the molecule is CCCNCCO.O=P(O)(O)O. The summed E-state index contributed by atoms with van der Waals surface area (Å²) in [6.45, 7) is 4.10. The average Bonchev–Trinajstić information content (AvgIpc) is 1.85. The quantitative estimate of drug-likeness (QED) is 0.296. The van der Waals surface area contributed by atoms with Crippen LogP contribution in [0.5, 0.6) is 0 Å². The minimum Gasteiger partial charge on any atom is -0.395 e. The van der Waals surface area contributed by atoms with Crippen LogP contribution < -0.4 is 5.32 Å². The van der Waals surface area contributed by atoms with Crippen LogP contribution >= 0.6 is 7.82 Å². The second-order valence-electron chi connectivity index (χ2n) is 1.99. The van der Waals surface area contributed by atoms with Gasteiger partial charge in [0.2, 0.25) is 0 Å². The Balaban J connectivity index is 0. The molecule has 0 radical (unpaired) electrons. The van der Waals surface area contributed by atoms with Crippen LogP contribution in [0.2, 0.25) is 0 Å². The molecule has 0 heterocycles. The highest BCUT2D eigenvalue weighted by Crippen LogP contribution is 2.25. The van der Waals surface area contributed by atoms with Crippen molar-refractivity contribution < 1.29 is 24.4 Å². The Morgan fingerprint density at radius 3 is 1.92 bits per heavy atom. The van der Waals surface area contributed by atoms with E-state index in [0.717, 1.165) is 19.5 Å². The molecule has 0 aliphatic heterocycles. The molecule has 0 aromatic carbocycles. The number of phosphoric acid groups is 1. The smallest absolute Gasteiger partial charge is 0.395 e. The molecule has 5 N–H and O–H groups in total. The first-order valence-corrected chi connectivity index (χ1v) is 5.08. The van der Waals surface area contributed by atoms with Crippen molar-refractivity contribution in [1.29, 1.82) is 0 Å². The molecule has 0 atom stereocenters. The van der Waals surface area contributed by atoms with Crippen LogP contribution in [0.15, 0.2) is 0 Å². The van der Waals surface area contributed by atoms with Crippen molar-refractivity contribution in [1.82, 2.24) is 5.32 Å². The maximum absolute atomic E-state index is 8.88. The first-order chi connectivity index (χ1) is 5.41. The van der Waals surface area contributed by atoms with Crippen molar-refractivity contribution in [3.05, 3.63) is 0 Å². The largest absolute Gasteiger partial charge is 0.466 e. The fourth-order valence-electron chi connectivity index (χ4n) is 0.381. The van der Waals surface area contributed by atoms with Crippen molar-refractivity contribution in [2.45, 2.75) is 13.3 Å². The maximum atomic E-state index is 8.88. The predicted molar refractivity (Wildman–Crippen MR) is 44.5 cm³/mol. The first-order valence-electron chi connectivity index (χ1n) is 3.51. The van der Waals surface area contributed by atoms with E-state index in [1.54, 1.807) is 0 Å². The number of nitrogens with one attached hydrogen (secondary N) is 1. The van der Waals surface area contributed by atoms with E-state index in [0.29, 0.717) is 0 Å². The minimum atomic E-state index is -4.64. The van der Waals surface area contributed by atoms with Gasteiger partial charge in [-0.3, -0.25) is 0 Å². The third kappa shape index (κ3) is 50.4. The van der Waals surface area contributed by atoms with E-state index in [9.17, 15) is 0 Å². The third-order valence-electron chi connectivity index (χ3n) is 0.715. The van der Waals surface area contributed by atoms with Gasteiger partial charge in [0.25, 0.3) is 0 Å². The molecule has 0 rings (SSSR count). The summed E-state index contributed by atoms with van der Waals surface area (Å²) < 4.78 is 8.88. The molecule has 0 unspecified atom stereocenters. The summed E-state index contributed by atoms with van der Waals surface area (Å²) in [5, 5.41) is 11.3. The number of aliphatic hydroxyl groups excluding tert-OH is 1. The highest BCUT2D eigenvalue weighted by atomic mass is 31.2. The molecule has 12 heavy (non-hydrogen) atoms. The van der Waals surface area contributed by atoms with E-state index >= 15 is 0 Å². The molecule has 0 fully saturated rings. The summed E-state index contributed by atoms with van der Waals surface area (Å²) in [6, 6.07) is 0. The first kappa shape index (κ1) is 14.5. The van der Waals surface area contributed by atoms with Crippen molar-refractivity contribution >= 4 is 7.82 Å². The molecular weight excluding hydrogens is 185 g/mol. The zero-order valence-corrected chi connectivity index (χ0v) is 7.87. The fourth-order valence-corrected chi connectivity index (χ4v) is 0.381. The molecule has 0 aliphatic rings. The number of hydrogen-bond acceptors (Lipinski definition) is 3. The molecule has 0 aliphatic carbocycles. The normalized spacial score (nSPS) is 10.4. The summed E-state index contributed by atoms with van der Waals surface area (Å²) in [5.74, 6) is 0. The van der Waals surface area contributed by atoms with Crippen LogP contribution in [-0.4, -0.2) is 39.5 Å². The molecule has 0 saturated carbocycles. The van der Waals surface area contributed by atoms with E-state index in [1.807, 2.05) is 0 Å². The van der Waals surface area contributed by atoms with Gasteiger partial charge in [0.05, 0.1) is 6.61 Å². The van der Waals surface area contributed by atoms with E-state index in [1.165, 1.54) is 0 Å². The molecule has 76 valence electrons. The van der Waals surface area contributed by atoms with Crippen LogP contribution in [-0.2, 0) is 4.57 Å². The van der Waals surface area contributed by atoms with Gasteiger partial charge in [-0.25, -0.2) is 4.57 Å². The summed E-state index contributed by atoms with van der Waals surface area (Å²) in [6.07, 6.45) is 1.14. The lowest BCUT2D eigenvalue weighted by Crippen LogP contribution is -2.18. The van der Waals surface area contributed by atoms with Crippen molar-refractivity contribution in [2.75, 3.05) is 19.7 Å². The van der Waals surface area contributed by atoms with E-state index in [4.69, 9.17) is 24.4 Å². The maximum Gasteiger partial charge on any atom is 0.466 e. The zero-order valence-electron chi connectivity index (χ0n) is 6.97. The topological polar surface area (TPSA) is 110 Å². The third-order valence-corrected chi connectivity index (χ3v) is 0.715. The molecule has 0 saturated heterocycles. The second kappa shape index (κ2) is 9.12. The monoisotopic (exact) mass is 201 g/mol. The fraction of sp³-hybridized carbons (Fsp3) is 1.00. The standard InChI is InChI=1S/C5H13NO.H3O4P/c1-2-3-6-4-5-7;1-5(2,3)4/h6-7H,2-5H2,1H3;(H3,1,2,3,4). The molecular formula is C5H16NO5P. The molecule has 0 bridgehead atoms. The van der Waals surface area contributed by atoms with Gasteiger partial charge in [-0.05, 0) is 13.0 Å².